The van der Waals surface area contributed by atoms with E-state index in [0.29, 0.717) is 0 Å². The Bertz CT molecular complexity index is 445. The van der Waals surface area contributed by atoms with E-state index in [0.717, 1.165) is 11.8 Å². The fourth-order valence-corrected chi connectivity index (χ4v) is 4.27. The predicted molar refractivity (Wildman–Crippen MR) is 88.2 cm³/mol. The molecule has 0 N–H and O–H groups in total. The van der Waals surface area contributed by atoms with Crippen LogP contribution >= 0.6 is 0 Å². The van der Waals surface area contributed by atoms with Crippen molar-refractivity contribution in [2.75, 3.05) is 0 Å². The monoisotopic (exact) mass is 268 g/mol. The second kappa shape index (κ2) is 6.61. The van der Waals surface area contributed by atoms with E-state index in [1.165, 1.54) is 69.8 Å². The second-order valence-electron chi connectivity index (χ2n) is 6.76. The Morgan fingerprint density at radius 2 is 1.30 bits per heavy atom. The van der Waals surface area contributed by atoms with Crippen molar-refractivity contribution in [3.63, 3.8) is 0 Å². The van der Waals surface area contributed by atoms with Gasteiger partial charge in [0, 0.05) is 0 Å². The van der Waals surface area contributed by atoms with Gasteiger partial charge in [0.05, 0.1) is 0 Å². The molecule has 2 aliphatic carbocycles. The van der Waals surface area contributed by atoms with Crippen molar-refractivity contribution in [3.05, 3.63) is 41.5 Å². The third-order valence-electron chi connectivity index (χ3n) is 5.44. The third kappa shape index (κ3) is 3.00. The van der Waals surface area contributed by atoms with Crippen molar-refractivity contribution < 1.29 is 0 Å². The minimum absolute atomic E-state index is 0.820. The highest BCUT2D eigenvalue weighted by molar-refractivity contribution is 5.51. The first-order valence-corrected chi connectivity index (χ1v) is 8.65. The summed E-state index contributed by atoms with van der Waals surface area (Å²) in [6, 6.07) is 7.16. The van der Waals surface area contributed by atoms with E-state index in [9.17, 15) is 0 Å². The van der Waals surface area contributed by atoms with Gasteiger partial charge in [-0.05, 0) is 54.2 Å². The van der Waals surface area contributed by atoms with Crippen molar-refractivity contribution in [1.82, 2.24) is 0 Å². The third-order valence-corrected chi connectivity index (χ3v) is 5.44. The second-order valence-corrected chi connectivity index (χ2v) is 6.76. The molecule has 0 aromatic heterocycles. The van der Waals surface area contributed by atoms with Crippen LogP contribution in [0.2, 0.25) is 0 Å². The summed E-state index contributed by atoms with van der Waals surface area (Å²) in [5, 5.41) is 0. The number of hydrogen-bond acceptors (Lipinski definition) is 0. The van der Waals surface area contributed by atoms with Gasteiger partial charge in [-0.3, -0.25) is 0 Å². The van der Waals surface area contributed by atoms with Crippen molar-refractivity contribution in [1.29, 1.82) is 0 Å². The van der Waals surface area contributed by atoms with Crippen LogP contribution in [0.15, 0.2) is 24.8 Å². The molecule has 0 saturated heterocycles. The summed E-state index contributed by atoms with van der Waals surface area (Å²) in [6.45, 7) is 3.96. The van der Waals surface area contributed by atoms with Crippen molar-refractivity contribution in [3.8, 4) is 0 Å². The molecule has 0 amide bonds. The molecule has 2 saturated carbocycles. The first-order valence-electron chi connectivity index (χ1n) is 8.65. The van der Waals surface area contributed by atoms with E-state index in [-0.39, 0.29) is 0 Å². The van der Waals surface area contributed by atoms with Crippen molar-refractivity contribution in [2.45, 2.75) is 76.0 Å². The molecular formula is C20H28. The molecule has 2 aliphatic rings. The Morgan fingerprint density at radius 1 is 0.750 bits per heavy atom. The molecule has 0 bridgehead atoms. The molecular weight excluding hydrogens is 240 g/mol. The minimum Gasteiger partial charge on any atom is -0.0985 e. The Morgan fingerprint density at radius 3 is 1.85 bits per heavy atom. The van der Waals surface area contributed by atoms with E-state index < -0.39 is 0 Å². The quantitative estimate of drug-likeness (QED) is 0.593. The molecule has 108 valence electrons. The molecule has 0 nitrogen and oxygen atoms in total. The van der Waals surface area contributed by atoms with Crippen molar-refractivity contribution in [2.24, 2.45) is 0 Å². The van der Waals surface area contributed by atoms with Crippen LogP contribution in [0.4, 0.5) is 0 Å². The van der Waals surface area contributed by atoms with Crippen LogP contribution in [0.25, 0.3) is 6.08 Å². The summed E-state index contributed by atoms with van der Waals surface area (Å²) in [5.41, 5.74) is 4.67. The molecule has 3 rings (SSSR count). The Balaban J connectivity index is 1.92. The average Bonchev–Trinajstić information content (AvgIpc) is 2.56. The number of benzene rings is 1. The highest BCUT2D eigenvalue weighted by atomic mass is 14.3. The Kier molecular flexibility index (Phi) is 4.60. The van der Waals surface area contributed by atoms with Gasteiger partial charge < -0.3 is 0 Å². The number of rotatable bonds is 3. The van der Waals surface area contributed by atoms with Gasteiger partial charge in [-0.25, -0.2) is 0 Å². The molecule has 20 heavy (non-hydrogen) atoms. The van der Waals surface area contributed by atoms with Crippen LogP contribution in [-0.2, 0) is 0 Å². The van der Waals surface area contributed by atoms with Gasteiger partial charge in [-0.1, -0.05) is 69.4 Å². The minimum atomic E-state index is 0.820. The lowest BCUT2D eigenvalue weighted by atomic mass is 9.75. The molecule has 0 spiro atoms. The Hall–Kier alpha value is -1.04. The van der Waals surface area contributed by atoms with E-state index in [1.54, 1.807) is 11.1 Å². The summed E-state index contributed by atoms with van der Waals surface area (Å²) < 4.78 is 0. The van der Waals surface area contributed by atoms with Crippen LogP contribution in [0.5, 0.6) is 0 Å². The molecule has 0 heteroatoms. The fraction of sp³-hybridized carbons (Fsp3) is 0.600. The lowest BCUT2D eigenvalue weighted by Gasteiger charge is -2.30. The first kappa shape index (κ1) is 13.9. The highest BCUT2D eigenvalue weighted by Gasteiger charge is 2.23. The first-order chi connectivity index (χ1) is 9.88. The standard InChI is InChI=1S/C20H28/c1-2-16-13-14-19(17-9-5-3-6-10-17)20(15-16)18-11-7-4-8-12-18/h2,13-15,17-18H,1,3-12H2. The van der Waals surface area contributed by atoms with E-state index >= 15 is 0 Å². The van der Waals surface area contributed by atoms with Crippen LogP contribution < -0.4 is 0 Å². The van der Waals surface area contributed by atoms with Gasteiger partial charge in [-0.2, -0.15) is 0 Å². The molecule has 0 unspecified atom stereocenters. The lowest BCUT2D eigenvalue weighted by Crippen LogP contribution is -2.12. The smallest absolute Gasteiger partial charge is 0.0159 e. The van der Waals surface area contributed by atoms with Crippen LogP contribution in [0, 0.1) is 0 Å². The van der Waals surface area contributed by atoms with Gasteiger partial charge in [0.1, 0.15) is 0 Å². The molecule has 2 fully saturated rings. The summed E-state index contributed by atoms with van der Waals surface area (Å²) in [4.78, 5) is 0. The molecule has 0 radical (unpaired) electrons. The normalized spacial score (nSPS) is 21.8. The summed E-state index contributed by atoms with van der Waals surface area (Å²) >= 11 is 0. The summed E-state index contributed by atoms with van der Waals surface area (Å²) in [7, 11) is 0. The maximum atomic E-state index is 3.96. The molecule has 0 aliphatic heterocycles. The molecule has 0 heterocycles. The van der Waals surface area contributed by atoms with Gasteiger partial charge in [-0.15, -0.1) is 0 Å². The summed E-state index contributed by atoms with van der Waals surface area (Å²) in [6.07, 6.45) is 16.2. The van der Waals surface area contributed by atoms with E-state index in [1.807, 2.05) is 6.08 Å². The van der Waals surface area contributed by atoms with Crippen LogP contribution in [0.3, 0.4) is 0 Å². The molecule has 0 atom stereocenters. The van der Waals surface area contributed by atoms with Gasteiger partial charge >= 0.3 is 0 Å². The van der Waals surface area contributed by atoms with Gasteiger partial charge in [0.15, 0.2) is 0 Å². The SMILES string of the molecule is C=Cc1ccc(C2CCCCC2)c(C2CCCCC2)c1. The molecule has 1 aromatic rings. The topological polar surface area (TPSA) is 0 Å². The lowest BCUT2D eigenvalue weighted by molar-refractivity contribution is 0.419. The molecule has 1 aromatic carbocycles. The fourth-order valence-electron chi connectivity index (χ4n) is 4.27. The van der Waals surface area contributed by atoms with E-state index in [4.69, 9.17) is 0 Å². The van der Waals surface area contributed by atoms with E-state index in [2.05, 4.69) is 24.8 Å². The average molecular weight is 268 g/mol. The zero-order valence-electron chi connectivity index (χ0n) is 12.7. The maximum absolute atomic E-state index is 3.96. The van der Waals surface area contributed by atoms with Gasteiger partial charge in [0.25, 0.3) is 0 Å². The van der Waals surface area contributed by atoms with Crippen molar-refractivity contribution >= 4 is 6.08 Å². The zero-order valence-corrected chi connectivity index (χ0v) is 12.7. The highest BCUT2D eigenvalue weighted by Crippen LogP contribution is 2.41. The predicted octanol–water partition coefficient (Wildman–Crippen LogP) is 6.43. The van der Waals surface area contributed by atoms with Crippen LogP contribution in [0.1, 0.15) is 92.7 Å². The summed E-state index contributed by atoms with van der Waals surface area (Å²) in [5.74, 6) is 1.65. The van der Waals surface area contributed by atoms with Crippen LogP contribution in [-0.4, -0.2) is 0 Å². The van der Waals surface area contributed by atoms with Gasteiger partial charge in [0.2, 0.25) is 0 Å². The largest absolute Gasteiger partial charge is 0.0985 e. The zero-order chi connectivity index (χ0) is 13.8. The number of hydrogen-bond donors (Lipinski definition) is 0. The Labute approximate surface area is 124 Å². The maximum Gasteiger partial charge on any atom is -0.0159 e.